The minimum atomic E-state index is -1.16. The number of aromatic nitrogens is 3. The largest absolute Gasteiger partial charge is 0.497 e. The molecule has 7 nitrogen and oxygen atoms in total. The molecule has 0 fully saturated rings. The molecule has 0 bridgehead atoms. The fourth-order valence-electron chi connectivity index (χ4n) is 2.29. The van der Waals surface area contributed by atoms with E-state index in [9.17, 15) is 9.90 Å². The first-order valence-electron chi connectivity index (χ1n) is 6.79. The fourth-order valence-corrected chi connectivity index (χ4v) is 2.29. The maximum atomic E-state index is 11.5. The third-order valence-electron chi connectivity index (χ3n) is 3.33. The molecule has 3 rings (SSSR count). The van der Waals surface area contributed by atoms with Crippen LogP contribution >= 0.6 is 0 Å². The van der Waals surface area contributed by atoms with Crippen LogP contribution in [0.4, 0.5) is 5.69 Å². The van der Waals surface area contributed by atoms with Crippen molar-refractivity contribution < 1.29 is 14.6 Å². The second kappa shape index (κ2) is 5.80. The van der Waals surface area contributed by atoms with Crippen LogP contribution < -0.4 is 10.5 Å². The molecule has 0 unspecified atom stereocenters. The average molecular weight is 310 g/mol. The van der Waals surface area contributed by atoms with Crippen LogP contribution in [0.2, 0.25) is 0 Å². The van der Waals surface area contributed by atoms with Gasteiger partial charge in [-0.15, -0.1) is 5.10 Å². The standard InChI is InChI=1S/C16H14N4O3/c1-23-13-7-3-6-12(9-13)20-15(14(16(21)22)18-19-20)10-4-2-5-11(17)8-10/h2-9H,17H2,1H3,(H,21,22). The van der Waals surface area contributed by atoms with Crippen LogP contribution in [0, 0.1) is 0 Å². The fraction of sp³-hybridized carbons (Fsp3) is 0.0625. The molecular weight excluding hydrogens is 296 g/mol. The van der Waals surface area contributed by atoms with Gasteiger partial charge in [-0.25, -0.2) is 9.48 Å². The Morgan fingerprint density at radius 2 is 2.00 bits per heavy atom. The lowest BCUT2D eigenvalue weighted by atomic mass is 10.1. The van der Waals surface area contributed by atoms with E-state index < -0.39 is 5.97 Å². The minimum Gasteiger partial charge on any atom is -0.497 e. The topological polar surface area (TPSA) is 103 Å². The molecule has 0 aliphatic heterocycles. The van der Waals surface area contributed by atoms with Gasteiger partial charge in [0.1, 0.15) is 11.4 Å². The highest BCUT2D eigenvalue weighted by Gasteiger charge is 2.21. The summed E-state index contributed by atoms with van der Waals surface area (Å²) in [6.45, 7) is 0. The van der Waals surface area contributed by atoms with Crippen molar-refractivity contribution in [3.8, 4) is 22.7 Å². The third-order valence-corrected chi connectivity index (χ3v) is 3.33. The van der Waals surface area contributed by atoms with Crippen LogP contribution in [-0.2, 0) is 0 Å². The Hall–Kier alpha value is -3.35. The van der Waals surface area contributed by atoms with E-state index in [1.54, 1.807) is 55.6 Å². The van der Waals surface area contributed by atoms with Crippen molar-refractivity contribution in [1.82, 2.24) is 15.0 Å². The second-order valence-corrected chi connectivity index (χ2v) is 4.83. The summed E-state index contributed by atoms with van der Waals surface area (Å²) in [6, 6.07) is 14.0. The van der Waals surface area contributed by atoms with Crippen molar-refractivity contribution in [2.75, 3.05) is 12.8 Å². The second-order valence-electron chi connectivity index (χ2n) is 4.83. The minimum absolute atomic E-state index is 0.140. The molecule has 0 saturated carbocycles. The number of anilines is 1. The van der Waals surface area contributed by atoms with Crippen molar-refractivity contribution in [3.05, 3.63) is 54.2 Å². The highest BCUT2D eigenvalue weighted by molar-refractivity contribution is 5.93. The van der Waals surface area contributed by atoms with Crippen LogP contribution in [0.1, 0.15) is 10.5 Å². The lowest BCUT2D eigenvalue weighted by Crippen LogP contribution is -2.03. The van der Waals surface area contributed by atoms with E-state index in [0.717, 1.165) is 0 Å². The van der Waals surface area contributed by atoms with Gasteiger partial charge in [-0.2, -0.15) is 0 Å². The Morgan fingerprint density at radius 1 is 1.22 bits per heavy atom. The first kappa shape index (κ1) is 14.6. The molecule has 1 heterocycles. The number of hydrogen-bond acceptors (Lipinski definition) is 5. The van der Waals surface area contributed by atoms with Gasteiger partial charge in [0, 0.05) is 17.3 Å². The highest BCUT2D eigenvalue weighted by atomic mass is 16.5. The molecule has 3 aromatic rings. The van der Waals surface area contributed by atoms with Gasteiger partial charge in [-0.05, 0) is 24.3 Å². The smallest absolute Gasteiger partial charge is 0.358 e. The molecule has 23 heavy (non-hydrogen) atoms. The van der Waals surface area contributed by atoms with Crippen LogP contribution in [0.25, 0.3) is 16.9 Å². The van der Waals surface area contributed by atoms with Crippen LogP contribution in [0.15, 0.2) is 48.5 Å². The first-order valence-corrected chi connectivity index (χ1v) is 6.79. The summed E-state index contributed by atoms with van der Waals surface area (Å²) in [4.78, 5) is 11.5. The Labute approximate surface area is 131 Å². The molecule has 0 amide bonds. The van der Waals surface area contributed by atoms with E-state index in [1.807, 2.05) is 0 Å². The van der Waals surface area contributed by atoms with Gasteiger partial charge in [0.15, 0.2) is 5.69 Å². The Kier molecular flexibility index (Phi) is 3.68. The van der Waals surface area contributed by atoms with Gasteiger partial charge < -0.3 is 15.6 Å². The van der Waals surface area contributed by atoms with Crippen molar-refractivity contribution in [2.24, 2.45) is 0 Å². The maximum Gasteiger partial charge on any atom is 0.358 e. The number of rotatable bonds is 4. The summed E-state index contributed by atoms with van der Waals surface area (Å²) in [6.07, 6.45) is 0. The molecule has 7 heteroatoms. The zero-order chi connectivity index (χ0) is 16.4. The number of ether oxygens (including phenoxy) is 1. The lowest BCUT2D eigenvalue weighted by molar-refractivity contribution is 0.0691. The number of carboxylic acid groups (broad SMARTS) is 1. The van der Waals surface area contributed by atoms with Gasteiger partial charge in [0.25, 0.3) is 0 Å². The van der Waals surface area contributed by atoms with E-state index in [1.165, 1.54) is 4.68 Å². The lowest BCUT2D eigenvalue weighted by Gasteiger charge is -2.09. The van der Waals surface area contributed by atoms with Crippen molar-refractivity contribution in [1.29, 1.82) is 0 Å². The summed E-state index contributed by atoms with van der Waals surface area (Å²) < 4.78 is 6.66. The highest BCUT2D eigenvalue weighted by Crippen LogP contribution is 2.28. The van der Waals surface area contributed by atoms with Crippen molar-refractivity contribution in [2.45, 2.75) is 0 Å². The molecule has 0 radical (unpaired) electrons. The number of hydrogen-bond donors (Lipinski definition) is 2. The van der Waals surface area contributed by atoms with E-state index >= 15 is 0 Å². The molecule has 0 aliphatic carbocycles. The normalized spacial score (nSPS) is 10.5. The first-order chi connectivity index (χ1) is 11.1. The number of aromatic carboxylic acids is 1. The van der Waals surface area contributed by atoms with Gasteiger partial charge in [-0.1, -0.05) is 23.4 Å². The number of methoxy groups -OCH3 is 1. The van der Waals surface area contributed by atoms with E-state index in [0.29, 0.717) is 28.4 Å². The summed E-state index contributed by atoms with van der Waals surface area (Å²) in [5.41, 5.74) is 7.81. The molecular formula is C16H14N4O3. The van der Waals surface area contributed by atoms with Crippen molar-refractivity contribution >= 4 is 11.7 Å². The van der Waals surface area contributed by atoms with E-state index in [-0.39, 0.29) is 5.69 Å². The number of nitrogen functional groups attached to an aromatic ring is 1. The van der Waals surface area contributed by atoms with Gasteiger partial charge in [0.05, 0.1) is 12.8 Å². The van der Waals surface area contributed by atoms with Gasteiger partial charge in [-0.3, -0.25) is 0 Å². The molecule has 0 saturated heterocycles. The van der Waals surface area contributed by atoms with Crippen LogP contribution in [-0.4, -0.2) is 33.2 Å². The van der Waals surface area contributed by atoms with Gasteiger partial charge >= 0.3 is 5.97 Å². The zero-order valence-electron chi connectivity index (χ0n) is 12.3. The predicted molar refractivity (Wildman–Crippen MR) is 84.7 cm³/mol. The SMILES string of the molecule is COc1cccc(-n2nnc(C(=O)O)c2-c2cccc(N)c2)c1. The number of carbonyl (C=O) groups is 1. The van der Waals surface area contributed by atoms with E-state index in [2.05, 4.69) is 10.3 Å². The van der Waals surface area contributed by atoms with Crippen molar-refractivity contribution in [3.63, 3.8) is 0 Å². The number of benzene rings is 2. The van der Waals surface area contributed by atoms with Crippen LogP contribution in [0.5, 0.6) is 5.75 Å². The molecule has 0 spiro atoms. The summed E-state index contributed by atoms with van der Waals surface area (Å²) >= 11 is 0. The van der Waals surface area contributed by atoms with Gasteiger partial charge in [0.2, 0.25) is 0 Å². The monoisotopic (exact) mass is 310 g/mol. The zero-order valence-corrected chi connectivity index (χ0v) is 12.3. The quantitative estimate of drug-likeness (QED) is 0.716. The van der Waals surface area contributed by atoms with E-state index in [4.69, 9.17) is 10.5 Å². The average Bonchev–Trinajstić information content (AvgIpc) is 3.00. The predicted octanol–water partition coefficient (Wildman–Crippen LogP) is 2.22. The maximum absolute atomic E-state index is 11.5. The Bertz CT molecular complexity index is 873. The summed E-state index contributed by atoms with van der Waals surface area (Å²) in [7, 11) is 1.56. The number of nitrogens with zero attached hydrogens (tertiary/aromatic N) is 3. The molecule has 0 atom stereocenters. The Balaban J connectivity index is 2.24. The van der Waals surface area contributed by atoms with Crippen LogP contribution in [0.3, 0.4) is 0 Å². The third kappa shape index (κ3) is 2.71. The summed E-state index contributed by atoms with van der Waals surface area (Å²) in [5.74, 6) is -0.523. The molecule has 1 aromatic heterocycles. The summed E-state index contributed by atoms with van der Waals surface area (Å²) in [5, 5.41) is 17.1. The molecule has 2 aromatic carbocycles. The molecule has 0 aliphatic rings. The number of nitrogens with two attached hydrogens (primary N) is 1. The molecule has 3 N–H and O–H groups in total. The number of carboxylic acids is 1. The molecule has 116 valence electrons. The Morgan fingerprint density at radius 3 is 2.70 bits per heavy atom.